The molecule has 0 unspecified atom stereocenters. The predicted octanol–water partition coefficient (Wildman–Crippen LogP) is 8.39. The maximum absolute atomic E-state index is 14.4. The maximum Gasteiger partial charge on any atom is 0.396 e. The third-order valence-corrected chi connectivity index (χ3v) is 5.37. The van der Waals surface area contributed by atoms with Crippen LogP contribution in [-0.4, -0.2) is 6.18 Å². The molecule has 0 fully saturated rings. The van der Waals surface area contributed by atoms with Crippen molar-refractivity contribution in [3.05, 3.63) is 119 Å². The van der Waals surface area contributed by atoms with Crippen LogP contribution in [0.4, 0.5) is 17.6 Å². The summed E-state index contributed by atoms with van der Waals surface area (Å²) in [6.45, 7) is 1.96. The molecule has 0 saturated carbocycles. The van der Waals surface area contributed by atoms with Gasteiger partial charge in [-0.05, 0) is 54.5 Å². The molecule has 32 heavy (non-hydrogen) atoms. The Morgan fingerprint density at radius 1 is 0.844 bits per heavy atom. The molecule has 1 atom stereocenters. The summed E-state index contributed by atoms with van der Waals surface area (Å²) in [6.07, 6.45) is 4.68. The number of halogens is 4. The van der Waals surface area contributed by atoms with Crippen molar-refractivity contribution in [3.8, 4) is 0 Å². The summed E-state index contributed by atoms with van der Waals surface area (Å²) in [5, 5.41) is 0. The lowest BCUT2D eigenvalue weighted by molar-refractivity contribution is -0.150. The fourth-order valence-corrected chi connectivity index (χ4v) is 3.57. The van der Waals surface area contributed by atoms with Crippen LogP contribution >= 0.6 is 0 Å². The summed E-state index contributed by atoms with van der Waals surface area (Å²) in [5.74, 6) is -1.84. The number of hydrogen-bond acceptors (Lipinski definition) is 0. The van der Waals surface area contributed by atoms with Crippen LogP contribution in [-0.2, 0) is 12.8 Å². The second-order valence-electron chi connectivity index (χ2n) is 7.75. The van der Waals surface area contributed by atoms with Gasteiger partial charge in [0, 0.05) is 5.56 Å². The van der Waals surface area contributed by atoms with Gasteiger partial charge in [-0.1, -0.05) is 91.0 Å². The van der Waals surface area contributed by atoms with Crippen molar-refractivity contribution >= 4 is 12.2 Å². The van der Waals surface area contributed by atoms with Gasteiger partial charge in [0.15, 0.2) is 0 Å². The lowest BCUT2D eigenvalue weighted by Crippen LogP contribution is -2.22. The molecule has 0 aliphatic rings. The molecule has 0 aliphatic carbocycles. The minimum Gasteiger partial charge on any atom is -0.206 e. The zero-order valence-electron chi connectivity index (χ0n) is 17.9. The minimum atomic E-state index is -4.32. The summed E-state index contributed by atoms with van der Waals surface area (Å²) < 4.78 is 55.1. The van der Waals surface area contributed by atoms with Crippen molar-refractivity contribution in [2.24, 2.45) is 0 Å². The van der Waals surface area contributed by atoms with Crippen LogP contribution in [0, 0.1) is 5.82 Å². The van der Waals surface area contributed by atoms with Crippen molar-refractivity contribution in [3.63, 3.8) is 0 Å². The first-order valence-corrected chi connectivity index (χ1v) is 10.6. The van der Waals surface area contributed by atoms with E-state index < -0.39 is 12.1 Å². The molecule has 3 rings (SSSR count). The Kier molecular flexibility index (Phi) is 8.04. The summed E-state index contributed by atoms with van der Waals surface area (Å²) in [4.78, 5) is 0. The standard InChI is InChI=1S/C28H26F4/c1-2-3-5-8-22-16-18-25(27(29)20-22)17-15-21-11-13-23(14-12-21)19-26(28(30,31)32)24-9-6-4-7-10-24/h2-4,6-7,9-18,20,26H,5,8,19H2,1H3/t26-/m0/s1. The van der Waals surface area contributed by atoms with Gasteiger partial charge in [-0.25, -0.2) is 4.39 Å². The average molecular weight is 439 g/mol. The molecule has 3 aromatic rings. The summed E-state index contributed by atoms with van der Waals surface area (Å²) >= 11 is 0. The van der Waals surface area contributed by atoms with E-state index in [4.69, 9.17) is 0 Å². The number of rotatable bonds is 8. The lowest BCUT2D eigenvalue weighted by atomic mass is 9.91. The van der Waals surface area contributed by atoms with Gasteiger partial charge in [-0.15, -0.1) is 0 Å². The summed E-state index contributed by atoms with van der Waals surface area (Å²) in [6, 6.07) is 20.1. The van der Waals surface area contributed by atoms with Gasteiger partial charge in [0.05, 0.1) is 5.92 Å². The largest absolute Gasteiger partial charge is 0.396 e. The van der Waals surface area contributed by atoms with Gasteiger partial charge in [-0.2, -0.15) is 13.2 Å². The average Bonchev–Trinajstić information content (AvgIpc) is 2.78. The van der Waals surface area contributed by atoms with Crippen LogP contribution in [0.2, 0.25) is 0 Å². The van der Waals surface area contributed by atoms with Gasteiger partial charge >= 0.3 is 6.18 Å². The van der Waals surface area contributed by atoms with Crippen molar-refractivity contribution in [2.75, 3.05) is 0 Å². The highest BCUT2D eigenvalue weighted by Gasteiger charge is 2.40. The molecule has 4 heteroatoms. The van der Waals surface area contributed by atoms with Crippen LogP contribution < -0.4 is 0 Å². The van der Waals surface area contributed by atoms with E-state index in [0.717, 1.165) is 24.0 Å². The van der Waals surface area contributed by atoms with Crippen molar-refractivity contribution in [1.82, 2.24) is 0 Å². The van der Waals surface area contributed by atoms with E-state index >= 15 is 0 Å². The van der Waals surface area contributed by atoms with Gasteiger partial charge < -0.3 is 0 Å². The van der Waals surface area contributed by atoms with Crippen molar-refractivity contribution < 1.29 is 17.6 Å². The Morgan fingerprint density at radius 2 is 1.53 bits per heavy atom. The minimum absolute atomic E-state index is 0.124. The van der Waals surface area contributed by atoms with Crippen molar-refractivity contribution in [1.29, 1.82) is 0 Å². The fourth-order valence-electron chi connectivity index (χ4n) is 3.57. The van der Waals surface area contributed by atoms with E-state index in [1.807, 2.05) is 25.1 Å². The van der Waals surface area contributed by atoms with Gasteiger partial charge in [0.25, 0.3) is 0 Å². The Morgan fingerprint density at radius 3 is 2.16 bits per heavy atom. The molecule has 0 bridgehead atoms. The quantitative estimate of drug-likeness (QED) is 0.188. The smallest absolute Gasteiger partial charge is 0.206 e. The topological polar surface area (TPSA) is 0 Å². The number of allylic oxidation sites excluding steroid dienone is 2. The molecule has 0 heterocycles. The first-order chi connectivity index (χ1) is 15.4. The number of aryl methyl sites for hydroxylation is 1. The second kappa shape index (κ2) is 10.9. The van der Waals surface area contributed by atoms with Gasteiger partial charge in [-0.3, -0.25) is 0 Å². The molecule has 0 spiro atoms. The van der Waals surface area contributed by atoms with E-state index in [2.05, 4.69) is 0 Å². The lowest BCUT2D eigenvalue weighted by Gasteiger charge is -2.21. The number of hydrogen-bond donors (Lipinski definition) is 0. The van der Waals surface area contributed by atoms with Gasteiger partial charge in [0.1, 0.15) is 5.82 Å². The molecule has 0 amide bonds. The molecule has 3 aromatic carbocycles. The summed E-state index contributed by atoms with van der Waals surface area (Å²) in [5.41, 5.74) is 3.08. The van der Waals surface area contributed by atoms with E-state index in [1.165, 1.54) is 12.1 Å². The molecule has 0 saturated heterocycles. The SMILES string of the molecule is CC=CCCc1ccc(C=Cc2ccc(C[C@@H](c3ccccc3)C(F)(F)F)cc2)c(F)c1. The monoisotopic (exact) mass is 438 g/mol. The van der Waals surface area contributed by atoms with Crippen LogP contribution in [0.15, 0.2) is 84.9 Å². The van der Waals surface area contributed by atoms with Crippen LogP contribution in [0.3, 0.4) is 0 Å². The first kappa shape index (κ1) is 23.5. The van der Waals surface area contributed by atoms with E-state index in [0.29, 0.717) is 11.1 Å². The Labute approximate surface area is 186 Å². The van der Waals surface area contributed by atoms with Crippen LogP contribution in [0.25, 0.3) is 12.2 Å². The molecule has 0 radical (unpaired) electrons. The number of benzene rings is 3. The second-order valence-corrected chi connectivity index (χ2v) is 7.75. The maximum atomic E-state index is 14.4. The first-order valence-electron chi connectivity index (χ1n) is 10.6. The molecular formula is C28H26F4. The highest BCUT2D eigenvalue weighted by molar-refractivity contribution is 5.70. The molecular weight excluding hydrogens is 412 g/mol. The Bertz CT molecular complexity index is 1050. The Balaban J connectivity index is 1.68. The molecule has 0 aromatic heterocycles. The summed E-state index contributed by atoms with van der Waals surface area (Å²) in [7, 11) is 0. The third-order valence-electron chi connectivity index (χ3n) is 5.37. The van der Waals surface area contributed by atoms with E-state index in [9.17, 15) is 17.6 Å². The Hall–Kier alpha value is -3.14. The molecule has 0 nitrogen and oxygen atoms in total. The zero-order chi connectivity index (χ0) is 23.0. The van der Waals surface area contributed by atoms with Gasteiger partial charge in [0.2, 0.25) is 0 Å². The van der Waals surface area contributed by atoms with Crippen LogP contribution in [0.5, 0.6) is 0 Å². The highest BCUT2D eigenvalue weighted by atomic mass is 19.4. The highest BCUT2D eigenvalue weighted by Crippen LogP contribution is 2.37. The van der Waals surface area contributed by atoms with Crippen LogP contribution in [0.1, 0.15) is 47.1 Å². The van der Waals surface area contributed by atoms with E-state index in [-0.39, 0.29) is 17.8 Å². The fraction of sp³-hybridized carbons (Fsp3) is 0.214. The number of alkyl halides is 3. The van der Waals surface area contributed by atoms with E-state index in [1.54, 1.807) is 66.7 Å². The predicted molar refractivity (Wildman–Crippen MR) is 124 cm³/mol. The molecule has 0 aliphatic heterocycles. The van der Waals surface area contributed by atoms with Crippen molar-refractivity contribution in [2.45, 2.75) is 38.3 Å². The normalized spacial score (nSPS) is 13.2. The zero-order valence-corrected chi connectivity index (χ0v) is 17.9. The molecule has 0 N–H and O–H groups in total. The molecule has 166 valence electrons. The third kappa shape index (κ3) is 6.68.